The number of ketones is 2. The largest absolute Gasteiger partial charge is 0.497 e. The number of methoxy groups -OCH3 is 1. The Morgan fingerprint density at radius 1 is 1.14 bits per heavy atom. The van der Waals surface area contributed by atoms with E-state index in [1.165, 1.54) is 0 Å². The van der Waals surface area contributed by atoms with Crippen molar-refractivity contribution in [2.75, 3.05) is 7.11 Å². The minimum absolute atomic E-state index is 0.154. The van der Waals surface area contributed by atoms with Gasteiger partial charge in [0.2, 0.25) is 0 Å². The highest BCUT2D eigenvalue weighted by molar-refractivity contribution is 6.05. The van der Waals surface area contributed by atoms with E-state index in [0.29, 0.717) is 19.3 Å². The van der Waals surface area contributed by atoms with Gasteiger partial charge in [0.15, 0.2) is 5.78 Å². The lowest BCUT2D eigenvalue weighted by molar-refractivity contribution is -0.125. The molecule has 0 aliphatic heterocycles. The summed E-state index contributed by atoms with van der Waals surface area (Å²) in [6.45, 7) is 1.99. The first-order valence-electron chi connectivity index (χ1n) is 7.67. The Hall–Kier alpha value is -2.16. The fourth-order valence-electron chi connectivity index (χ4n) is 3.47. The van der Waals surface area contributed by atoms with E-state index in [1.807, 2.05) is 43.3 Å². The highest BCUT2D eigenvalue weighted by Gasteiger charge is 2.46. The lowest BCUT2D eigenvalue weighted by Gasteiger charge is -2.30. The number of hydrogen-bond donors (Lipinski definition) is 0. The van der Waals surface area contributed by atoms with Gasteiger partial charge in [-0.3, -0.25) is 9.59 Å². The third-order valence-corrected chi connectivity index (χ3v) is 4.90. The average molecular weight is 296 g/mol. The maximum atomic E-state index is 12.3. The first-order chi connectivity index (χ1) is 10.5. The fraction of sp³-hybridized carbons (Fsp3) is 0.368. The highest BCUT2D eigenvalue weighted by atomic mass is 16.5. The zero-order chi connectivity index (χ0) is 15.7. The lowest BCUT2D eigenvalue weighted by atomic mass is 9.72. The normalized spacial score (nSPS) is 25.0. The van der Waals surface area contributed by atoms with Crippen LogP contribution in [0.3, 0.4) is 0 Å². The van der Waals surface area contributed by atoms with Crippen molar-refractivity contribution in [2.45, 2.75) is 32.6 Å². The maximum Gasteiger partial charge on any atom is 0.162 e. The summed E-state index contributed by atoms with van der Waals surface area (Å²) in [7, 11) is 1.63. The van der Waals surface area contributed by atoms with E-state index in [2.05, 4.69) is 0 Å². The molecule has 1 aromatic rings. The minimum Gasteiger partial charge on any atom is -0.497 e. The predicted molar refractivity (Wildman–Crippen MR) is 85.6 cm³/mol. The van der Waals surface area contributed by atoms with Crippen molar-refractivity contribution in [3.05, 3.63) is 47.1 Å². The molecule has 0 radical (unpaired) electrons. The molecule has 2 aliphatic rings. The Kier molecular flexibility index (Phi) is 3.73. The molecule has 1 fully saturated rings. The summed E-state index contributed by atoms with van der Waals surface area (Å²) in [5.41, 5.74) is 2.34. The van der Waals surface area contributed by atoms with Gasteiger partial charge < -0.3 is 4.74 Å². The molecule has 3 heteroatoms. The number of carbonyl (C=O) groups excluding carboxylic acids is 2. The number of fused-ring (bicyclic) bond motifs is 1. The lowest BCUT2D eigenvalue weighted by Crippen LogP contribution is -2.30. The minimum atomic E-state index is -0.415. The van der Waals surface area contributed by atoms with Crippen LogP contribution in [0.15, 0.2) is 41.5 Å². The van der Waals surface area contributed by atoms with E-state index in [9.17, 15) is 9.59 Å². The first-order valence-corrected chi connectivity index (χ1v) is 7.67. The van der Waals surface area contributed by atoms with Gasteiger partial charge in [0.25, 0.3) is 0 Å². The zero-order valence-electron chi connectivity index (χ0n) is 13.0. The Labute approximate surface area is 130 Å². The van der Waals surface area contributed by atoms with Crippen molar-refractivity contribution in [3.63, 3.8) is 0 Å². The van der Waals surface area contributed by atoms with Crippen LogP contribution in [-0.2, 0) is 9.59 Å². The summed E-state index contributed by atoms with van der Waals surface area (Å²) in [4.78, 5) is 24.4. The van der Waals surface area contributed by atoms with E-state index in [0.717, 1.165) is 28.9 Å². The second-order valence-electron chi connectivity index (χ2n) is 6.18. The molecule has 22 heavy (non-hydrogen) atoms. The molecule has 0 heterocycles. The van der Waals surface area contributed by atoms with E-state index in [1.54, 1.807) is 7.11 Å². The van der Waals surface area contributed by atoms with Gasteiger partial charge in [-0.1, -0.05) is 24.3 Å². The monoisotopic (exact) mass is 296 g/mol. The van der Waals surface area contributed by atoms with Crippen LogP contribution in [0.5, 0.6) is 5.75 Å². The van der Waals surface area contributed by atoms with E-state index in [-0.39, 0.29) is 11.6 Å². The third-order valence-electron chi connectivity index (χ3n) is 4.90. The summed E-state index contributed by atoms with van der Waals surface area (Å²) in [6.07, 6.45) is 6.22. The van der Waals surface area contributed by atoms with Gasteiger partial charge in [-0.15, -0.1) is 0 Å². The molecule has 1 aromatic carbocycles. The van der Waals surface area contributed by atoms with Gasteiger partial charge in [-0.05, 0) is 43.0 Å². The quantitative estimate of drug-likeness (QED) is 0.853. The Balaban J connectivity index is 1.97. The van der Waals surface area contributed by atoms with Crippen LogP contribution in [-0.4, -0.2) is 18.7 Å². The Bertz CT molecular complexity index is 696. The van der Waals surface area contributed by atoms with Crippen molar-refractivity contribution in [3.8, 4) is 5.75 Å². The maximum absolute atomic E-state index is 12.3. The standard InChI is InChI=1S/C19H20O3/c1-19-11-10-17(20)15(16(19)8-9-18(19)21)7-6-13-4-3-5-14(12-13)22-2/h3-7,12H,8-11H2,1-2H3/b7-6+/t19-/m0/s1. The summed E-state index contributed by atoms with van der Waals surface area (Å²) < 4.78 is 5.21. The highest BCUT2D eigenvalue weighted by Crippen LogP contribution is 2.48. The number of hydrogen-bond acceptors (Lipinski definition) is 3. The molecule has 114 valence electrons. The van der Waals surface area contributed by atoms with Crippen molar-refractivity contribution in [1.82, 2.24) is 0 Å². The molecule has 0 N–H and O–H groups in total. The summed E-state index contributed by atoms with van der Waals surface area (Å²) >= 11 is 0. The zero-order valence-corrected chi connectivity index (χ0v) is 13.0. The van der Waals surface area contributed by atoms with E-state index < -0.39 is 5.41 Å². The van der Waals surface area contributed by atoms with Crippen LogP contribution >= 0.6 is 0 Å². The summed E-state index contributed by atoms with van der Waals surface area (Å²) in [5, 5.41) is 0. The smallest absolute Gasteiger partial charge is 0.162 e. The molecule has 0 unspecified atom stereocenters. The molecule has 0 bridgehead atoms. The summed E-state index contributed by atoms with van der Waals surface area (Å²) in [6, 6.07) is 7.70. The molecular formula is C19H20O3. The van der Waals surface area contributed by atoms with Crippen molar-refractivity contribution < 1.29 is 14.3 Å². The molecule has 3 nitrogen and oxygen atoms in total. The Morgan fingerprint density at radius 3 is 2.73 bits per heavy atom. The van der Waals surface area contributed by atoms with Gasteiger partial charge in [0, 0.05) is 23.8 Å². The van der Waals surface area contributed by atoms with E-state index in [4.69, 9.17) is 4.74 Å². The van der Waals surface area contributed by atoms with Gasteiger partial charge in [-0.2, -0.15) is 0 Å². The predicted octanol–water partition coefficient (Wildman–Crippen LogP) is 3.74. The SMILES string of the molecule is COc1cccc(/C=C/C2=C3CCC(=O)[C@@]3(C)CCC2=O)c1. The van der Waals surface area contributed by atoms with E-state index >= 15 is 0 Å². The first kappa shape index (κ1) is 14.8. The molecule has 1 atom stereocenters. The summed E-state index contributed by atoms with van der Waals surface area (Å²) in [5.74, 6) is 1.22. The topological polar surface area (TPSA) is 43.4 Å². The molecule has 0 aromatic heterocycles. The average Bonchev–Trinajstić information content (AvgIpc) is 2.83. The molecule has 0 saturated heterocycles. The molecule has 1 saturated carbocycles. The number of Topliss-reactive ketones (excluding diaryl/α,β-unsaturated/α-hetero) is 2. The van der Waals surface area contributed by atoms with Gasteiger partial charge in [0.05, 0.1) is 7.11 Å². The van der Waals surface area contributed by atoms with Crippen LogP contribution < -0.4 is 4.74 Å². The molecule has 0 spiro atoms. The van der Waals surface area contributed by atoms with Crippen LogP contribution in [0.1, 0.15) is 38.2 Å². The number of ether oxygens (including phenoxy) is 1. The van der Waals surface area contributed by atoms with Gasteiger partial charge >= 0.3 is 0 Å². The number of allylic oxidation sites excluding steroid dienone is 3. The number of rotatable bonds is 3. The van der Waals surface area contributed by atoms with Crippen LogP contribution in [0, 0.1) is 5.41 Å². The van der Waals surface area contributed by atoms with Crippen molar-refractivity contribution >= 4 is 17.6 Å². The van der Waals surface area contributed by atoms with Gasteiger partial charge in [-0.25, -0.2) is 0 Å². The number of carbonyl (C=O) groups is 2. The molecule has 3 rings (SSSR count). The van der Waals surface area contributed by atoms with Crippen LogP contribution in [0.2, 0.25) is 0 Å². The third kappa shape index (κ3) is 2.41. The molecule has 2 aliphatic carbocycles. The second-order valence-corrected chi connectivity index (χ2v) is 6.18. The van der Waals surface area contributed by atoms with Crippen LogP contribution in [0.4, 0.5) is 0 Å². The fourth-order valence-corrected chi connectivity index (χ4v) is 3.47. The van der Waals surface area contributed by atoms with Crippen LogP contribution in [0.25, 0.3) is 6.08 Å². The van der Waals surface area contributed by atoms with Gasteiger partial charge in [0.1, 0.15) is 11.5 Å². The van der Waals surface area contributed by atoms with Crippen molar-refractivity contribution in [2.24, 2.45) is 5.41 Å². The van der Waals surface area contributed by atoms with Crippen molar-refractivity contribution in [1.29, 1.82) is 0 Å². The molecular weight excluding hydrogens is 276 g/mol. The number of benzene rings is 1. The molecule has 0 amide bonds. The Morgan fingerprint density at radius 2 is 1.95 bits per heavy atom. The second kappa shape index (κ2) is 5.56.